The van der Waals surface area contributed by atoms with Crippen LogP contribution >= 0.6 is 0 Å². The molecule has 0 saturated carbocycles. The van der Waals surface area contributed by atoms with Crippen molar-refractivity contribution in [2.24, 2.45) is 0 Å². The van der Waals surface area contributed by atoms with Crippen LogP contribution in [-0.2, 0) is 69.8 Å². The topological polar surface area (TPSA) is 0 Å². The summed E-state index contributed by atoms with van der Waals surface area (Å²) in [4.78, 5) is 0. The first-order valence-corrected chi connectivity index (χ1v) is 0. The summed E-state index contributed by atoms with van der Waals surface area (Å²) in [5.74, 6) is 0. The maximum Gasteiger partial charge on any atom is 0 e. The van der Waals surface area contributed by atoms with E-state index >= 15 is 0 Å². The van der Waals surface area contributed by atoms with Gasteiger partial charge < -0.3 is 0 Å². The quantitative estimate of drug-likeness (QED) is 0.521. The Bertz CT molecular complexity index is 8.00. The molecule has 0 amide bonds. The van der Waals surface area contributed by atoms with Crippen molar-refractivity contribution in [1.82, 2.24) is 0 Å². The van der Waals surface area contributed by atoms with Crippen LogP contribution in [-0.4, -0.2) is 0 Å². The molecule has 0 atom stereocenters. The summed E-state index contributed by atoms with van der Waals surface area (Å²) in [6, 6.07) is 0. The van der Waals surface area contributed by atoms with Crippen LogP contribution < -0.4 is 0 Å². The fourth-order valence-electron chi connectivity index (χ4n) is 0. The van der Waals surface area contributed by atoms with E-state index in [1.165, 1.54) is 0 Å². The molecule has 0 saturated heterocycles. The van der Waals surface area contributed by atoms with E-state index < -0.39 is 0 Å². The smallest absolute Gasteiger partial charge is 0 e. The van der Waals surface area contributed by atoms with Gasteiger partial charge in [0.2, 0.25) is 0 Å². The first-order chi connectivity index (χ1) is 0. The van der Waals surface area contributed by atoms with Crippen LogP contribution in [0.3, 0.4) is 0 Å². The van der Waals surface area contributed by atoms with Crippen molar-refractivity contribution >= 4 is 0 Å². The molecule has 0 rings (SSSR count). The van der Waals surface area contributed by atoms with Crippen molar-refractivity contribution < 1.29 is 69.8 Å². The van der Waals surface area contributed by atoms with E-state index in [1.807, 2.05) is 0 Å². The van der Waals surface area contributed by atoms with Gasteiger partial charge in [0.15, 0.2) is 0 Å². The molecule has 0 aromatic heterocycles. The monoisotopic (exact) mass is 237 g/mol. The summed E-state index contributed by atoms with van der Waals surface area (Å²) in [6.45, 7) is 0. The molecule has 0 spiro atoms. The standard InChI is InChI=1S/Co.Fe.Ni.Zn. The molecule has 0 fully saturated rings. The molecule has 1 radical (unpaired) electrons. The molecule has 0 N–H and O–H groups in total. The second kappa shape index (κ2) is 19.2. The van der Waals surface area contributed by atoms with Crippen LogP contribution in [0.4, 0.5) is 0 Å². The van der Waals surface area contributed by atoms with Gasteiger partial charge in [0.1, 0.15) is 0 Å². The van der Waals surface area contributed by atoms with Crippen LogP contribution in [0.2, 0.25) is 0 Å². The Morgan fingerprint density at radius 3 is 1.00 bits per heavy atom. The zero-order chi connectivity index (χ0) is 0. The zero-order valence-electron chi connectivity index (χ0n) is 1.71. The first kappa shape index (κ1) is 35.4. The zero-order valence-corrected chi connectivity index (χ0v) is 7.81. The van der Waals surface area contributed by atoms with Crippen molar-refractivity contribution in [3.05, 3.63) is 0 Å². The Morgan fingerprint density at radius 1 is 1.00 bits per heavy atom. The third-order valence-corrected chi connectivity index (χ3v) is 0. The molecule has 0 aromatic carbocycles. The Balaban J connectivity index is 0. The van der Waals surface area contributed by atoms with Gasteiger partial charge in [-0.2, -0.15) is 0 Å². The summed E-state index contributed by atoms with van der Waals surface area (Å²) in [6.07, 6.45) is 0. The molecule has 0 heterocycles. The number of hydrogen-bond donors (Lipinski definition) is 0. The molecular formula is CoFeNiZn. The van der Waals surface area contributed by atoms with Crippen molar-refractivity contribution in [1.29, 1.82) is 0 Å². The molecule has 0 aliphatic carbocycles. The van der Waals surface area contributed by atoms with Crippen molar-refractivity contribution in [3.8, 4) is 0 Å². The van der Waals surface area contributed by atoms with Gasteiger partial charge in [-0.3, -0.25) is 0 Å². The van der Waals surface area contributed by atoms with Crippen molar-refractivity contribution in [3.63, 3.8) is 0 Å². The summed E-state index contributed by atoms with van der Waals surface area (Å²) in [5.41, 5.74) is 0. The average Bonchev–Trinajstić information content (AvgIpc) is 0. The van der Waals surface area contributed by atoms with Gasteiger partial charge in [0, 0.05) is 69.8 Å². The van der Waals surface area contributed by atoms with Gasteiger partial charge in [-0.15, -0.1) is 0 Å². The van der Waals surface area contributed by atoms with Crippen molar-refractivity contribution in [2.75, 3.05) is 0 Å². The molecule has 0 unspecified atom stereocenters. The van der Waals surface area contributed by atoms with E-state index in [1.54, 1.807) is 0 Å². The third-order valence-electron chi connectivity index (χ3n) is 0. The van der Waals surface area contributed by atoms with Crippen LogP contribution in [0.5, 0.6) is 0 Å². The molecule has 4 heteroatoms. The SMILES string of the molecule is [Co].[Fe].[Ni].[Zn]. The maximum atomic E-state index is 0. The second-order valence-electron chi connectivity index (χ2n) is 0. The van der Waals surface area contributed by atoms with Crippen LogP contribution in [0.25, 0.3) is 0 Å². The van der Waals surface area contributed by atoms with Gasteiger partial charge in [-0.25, -0.2) is 0 Å². The van der Waals surface area contributed by atoms with Crippen LogP contribution in [0.1, 0.15) is 0 Å². The molecule has 0 nitrogen and oxygen atoms in total. The van der Waals surface area contributed by atoms with Gasteiger partial charge >= 0.3 is 0 Å². The third kappa shape index (κ3) is 8.91. The number of rotatable bonds is 0. The predicted molar refractivity (Wildman–Crippen MR) is 0 cm³/mol. The fraction of sp³-hybridized carbons (Fsp3) is 0. The fourth-order valence-corrected chi connectivity index (χ4v) is 0. The Hall–Kier alpha value is 2.14. The van der Waals surface area contributed by atoms with Gasteiger partial charge in [0.05, 0.1) is 0 Å². The summed E-state index contributed by atoms with van der Waals surface area (Å²) >= 11 is 0. The summed E-state index contributed by atoms with van der Waals surface area (Å²) in [5, 5.41) is 0. The average molecular weight is 239 g/mol. The van der Waals surface area contributed by atoms with E-state index in [2.05, 4.69) is 0 Å². The minimum atomic E-state index is 0. The van der Waals surface area contributed by atoms with E-state index in [4.69, 9.17) is 0 Å². The predicted octanol–water partition coefficient (Wildman–Crippen LogP) is -0.0100. The van der Waals surface area contributed by atoms with E-state index in [-0.39, 0.29) is 69.8 Å². The molecule has 4 heavy (non-hydrogen) atoms. The molecule has 0 bridgehead atoms. The largest absolute Gasteiger partial charge is 0 e. The van der Waals surface area contributed by atoms with Gasteiger partial charge in [0.25, 0.3) is 0 Å². The van der Waals surface area contributed by atoms with Gasteiger partial charge in [-0.05, 0) is 0 Å². The molecule has 29 valence electrons. The summed E-state index contributed by atoms with van der Waals surface area (Å²) in [7, 11) is 0. The first-order valence-electron chi connectivity index (χ1n) is 0. The van der Waals surface area contributed by atoms with Crippen LogP contribution in [0, 0.1) is 0 Å². The Morgan fingerprint density at radius 2 is 1.00 bits per heavy atom. The van der Waals surface area contributed by atoms with E-state index in [9.17, 15) is 0 Å². The molecular weight excluding hydrogens is 239 g/mol. The van der Waals surface area contributed by atoms with Crippen LogP contribution in [0.15, 0.2) is 0 Å². The Kier molecular flexibility index (Phi) is 170. The molecule has 0 aliphatic heterocycles. The minimum absolute atomic E-state index is 0. The molecule has 0 aliphatic rings. The minimum Gasteiger partial charge on any atom is 0 e. The molecule has 0 aromatic rings. The van der Waals surface area contributed by atoms with Gasteiger partial charge in [-0.1, -0.05) is 0 Å². The normalized spacial score (nSPS) is 0. The van der Waals surface area contributed by atoms with E-state index in [0.29, 0.717) is 0 Å². The Labute approximate surface area is 69.2 Å². The maximum absolute atomic E-state index is 0. The summed E-state index contributed by atoms with van der Waals surface area (Å²) < 4.78 is 0. The number of hydrogen-bond acceptors (Lipinski definition) is 0. The second-order valence-corrected chi connectivity index (χ2v) is 0. The van der Waals surface area contributed by atoms with E-state index in [0.717, 1.165) is 0 Å². The van der Waals surface area contributed by atoms with Crippen molar-refractivity contribution in [2.45, 2.75) is 0 Å².